The third-order valence-electron chi connectivity index (χ3n) is 3.69. The molecule has 1 aromatic heterocycles. The maximum absolute atomic E-state index is 12.4. The molecule has 0 spiro atoms. The van der Waals surface area contributed by atoms with Crippen LogP contribution in [0.2, 0.25) is 0 Å². The van der Waals surface area contributed by atoms with E-state index < -0.39 is 0 Å². The van der Waals surface area contributed by atoms with Crippen LogP contribution in [0.1, 0.15) is 29.6 Å². The minimum atomic E-state index is -0.115. The Hall–Kier alpha value is -2.14. The van der Waals surface area contributed by atoms with E-state index in [1.165, 1.54) is 6.42 Å². The first-order chi connectivity index (χ1) is 9.75. The van der Waals surface area contributed by atoms with Gasteiger partial charge < -0.3 is 5.73 Å². The average molecular weight is 270 g/mol. The number of benzene rings is 1. The number of aromatic nitrogens is 1. The summed E-state index contributed by atoms with van der Waals surface area (Å²) in [6, 6.07) is 7.58. The van der Waals surface area contributed by atoms with E-state index in [1.54, 1.807) is 6.20 Å². The molecule has 0 saturated carbocycles. The third-order valence-corrected chi connectivity index (χ3v) is 3.69. The molecule has 1 fully saturated rings. The second kappa shape index (κ2) is 5.46. The molecule has 0 radical (unpaired) electrons. The van der Waals surface area contributed by atoms with Gasteiger partial charge in [-0.05, 0) is 18.2 Å². The quantitative estimate of drug-likeness (QED) is 0.875. The topological polar surface area (TPSA) is 71.2 Å². The number of nitrogens with one attached hydrogen (secondary N) is 1. The standard InChI is InChI=1S/C15H18N4O/c16-14-12-7-3-2-6-11(12)13(10-17-14)15(20)18-19-8-4-1-5-9-19/h2-3,6-7,10H,1,4-5,8-9H2,(H2,16,17)(H,18,20). The summed E-state index contributed by atoms with van der Waals surface area (Å²) in [6.45, 7) is 1.82. The van der Waals surface area contributed by atoms with Gasteiger partial charge in [-0.1, -0.05) is 30.7 Å². The summed E-state index contributed by atoms with van der Waals surface area (Å²) in [4.78, 5) is 16.5. The minimum Gasteiger partial charge on any atom is -0.383 e. The number of hydrogen-bond acceptors (Lipinski definition) is 4. The third kappa shape index (κ3) is 2.44. The number of carbonyl (C=O) groups excluding carboxylic acids is 1. The largest absolute Gasteiger partial charge is 0.383 e. The van der Waals surface area contributed by atoms with Crippen LogP contribution in [0.3, 0.4) is 0 Å². The molecule has 2 aromatic rings. The lowest BCUT2D eigenvalue weighted by Gasteiger charge is -2.26. The van der Waals surface area contributed by atoms with Gasteiger partial charge in [-0.3, -0.25) is 10.2 Å². The van der Waals surface area contributed by atoms with E-state index in [1.807, 2.05) is 29.3 Å². The molecule has 3 rings (SSSR count). The Morgan fingerprint density at radius 2 is 1.85 bits per heavy atom. The number of pyridine rings is 1. The normalized spacial score (nSPS) is 16.2. The lowest BCUT2D eigenvalue weighted by atomic mass is 10.1. The highest BCUT2D eigenvalue weighted by Crippen LogP contribution is 2.22. The van der Waals surface area contributed by atoms with E-state index in [-0.39, 0.29) is 5.91 Å². The molecule has 1 aliphatic rings. The number of amides is 1. The van der Waals surface area contributed by atoms with Crippen molar-refractivity contribution in [1.29, 1.82) is 0 Å². The average Bonchev–Trinajstić information content (AvgIpc) is 2.49. The molecule has 0 aliphatic carbocycles. The summed E-state index contributed by atoms with van der Waals surface area (Å²) in [5, 5.41) is 3.64. The highest BCUT2D eigenvalue weighted by Gasteiger charge is 2.16. The van der Waals surface area contributed by atoms with E-state index in [2.05, 4.69) is 10.4 Å². The van der Waals surface area contributed by atoms with Crippen molar-refractivity contribution in [2.75, 3.05) is 18.8 Å². The fraction of sp³-hybridized carbons (Fsp3) is 0.333. The molecule has 0 atom stereocenters. The Morgan fingerprint density at radius 3 is 2.60 bits per heavy atom. The smallest absolute Gasteiger partial charge is 0.267 e. The summed E-state index contributed by atoms with van der Waals surface area (Å²) >= 11 is 0. The maximum Gasteiger partial charge on any atom is 0.267 e. The van der Waals surface area contributed by atoms with Crippen LogP contribution >= 0.6 is 0 Å². The van der Waals surface area contributed by atoms with Gasteiger partial charge in [0, 0.05) is 24.7 Å². The Balaban J connectivity index is 1.89. The number of nitrogens with two attached hydrogens (primary N) is 1. The van der Waals surface area contributed by atoms with Crippen molar-refractivity contribution < 1.29 is 4.79 Å². The Labute approximate surface area is 117 Å². The number of fused-ring (bicyclic) bond motifs is 1. The van der Waals surface area contributed by atoms with Crippen molar-refractivity contribution in [1.82, 2.24) is 15.4 Å². The van der Waals surface area contributed by atoms with E-state index in [0.717, 1.165) is 36.7 Å². The first kappa shape index (κ1) is 12.9. The Kier molecular flexibility index (Phi) is 3.52. The predicted octanol–water partition coefficient (Wildman–Crippen LogP) is 1.95. The van der Waals surface area contributed by atoms with Crippen molar-refractivity contribution >= 4 is 22.5 Å². The number of piperidine rings is 1. The van der Waals surface area contributed by atoms with Gasteiger partial charge >= 0.3 is 0 Å². The van der Waals surface area contributed by atoms with Gasteiger partial charge in [-0.25, -0.2) is 9.99 Å². The highest BCUT2D eigenvalue weighted by molar-refractivity contribution is 6.08. The number of carbonyl (C=O) groups is 1. The molecule has 1 aromatic carbocycles. The van der Waals surface area contributed by atoms with Gasteiger partial charge in [-0.15, -0.1) is 0 Å². The second-order valence-electron chi connectivity index (χ2n) is 5.09. The summed E-state index contributed by atoms with van der Waals surface area (Å²) in [5.74, 6) is 0.339. The zero-order chi connectivity index (χ0) is 13.9. The lowest BCUT2D eigenvalue weighted by Crippen LogP contribution is -2.45. The minimum absolute atomic E-state index is 0.115. The van der Waals surface area contributed by atoms with E-state index in [9.17, 15) is 4.79 Å². The van der Waals surface area contributed by atoms with Crippen molar-refractivity contribution in [3.05, 3.63) is 36.0 Å². The van der Waals surface area contributed by atoms with Gasteiger partial charge in [0.05, 0.1) is 5.56 Å². The van der Waals surface area contributed by atoms with Gasteiger partial charge in [0.1, 0.15) is 5.82 Å². The predicted molar refractivity (Wildman–Crippen MR) is 79.0 cm³/mol. The second-order valence-corrected chi connectivity index (χ2v) is 5.09. The first-order valence-electron chi connectivity index (χ1n) is 6.95. The molecule has 20 heavy (non-hydrogen) atoms. The number of rotatable bonds is 2. The summed E-state index contributed by atoms with van der Waals surface area (Å²) in [5.41, 5.74) is 9.39. The van der Waals surface area contributed by atoms with Crippen molar-refractivity contribution in [2.45, 2.75) is 19.3 Å². The summed E-state index contributed by atoms with van der Waals surface area (Å²) in [6.07, 6.45) is 5.04. The zero-order valence-electron chi connectivity index (χ0n) is 11.3. The fourth-order valence-corrected chi connectivity index (χ4v) is 2.61. The van der Waals surface area contributed by atoms with Crippen LogP contribution in [0.25, 0.3) is 10.8 Å². The van der Waals surface area contributed by atoms with E-state index in [0.29, 0.717) is 11.4 Å². The highest BCUT2D eigenvalue weighted by atomic mass is 16.2. The van der Waals surface area contributed by atoms with Crippen molar-refractivity contribution in [3.63, 3.8) is 0 Å². The molecule has 3 N–H and O–H groups in total. The number of nitrogen functional groups attached to an aromatic ring is 1. The van der Waals surface area contributed by atoms with E-state index in [4.69, 9.17) is 5.73 Å². The molecular formula is C15H18N4O. The van der Waals surface area contributed by atoms with Crippen LogP contribution in [0.4, 0.5) is 5.82 Å². The SMILES string of the molecule is Nc1ncc(C(=O)NN2CCCCC2)c2ccccc12. The first-order valence-corrected chi connectivity index (χ1v) is 6.95. The molecular weight excluding hydrogens is 252 g/mol. The molecule has 5 heteroatoms. The van der Waals surface area contributed by atoms with Gasteiger partial charge in [-0.2, -0.15) is 0 Å². The molecule has 2 heterocycles. The van der Waals surface area contributed by atoms with Crippen LogP contribution in [0.5, 0.6) is 0 Å². The monoisotopic (exact) mass is 270 g/mol. The van der Waals surface area contributed by atoms with Crippen LogP contribution in [0, 0.1) is 0 Å². The molecule has 0 bridgehead atoms. The van der Waals surface area contributed by atoms with Crippen LogP contribution in [-0.2, 0) is 0 Å². The van der Waals surface area contributed by atoms with Gasteiger partial charge in [0.25, 0.3) is 5.91 Å². The fourth-order valence-electron chi connectivity index (χ4n) is 2.61. The molecule has 1 saturated heterocycles. The molecule has 0 unspecified atom stereocenters. The van der Waals surface area contributed by atoms with Gasteiger partial charge in [0.15, 0.2) is 0 Å². The molecule has 5 nitrogen and oxygen atoms in total. The number of hydrazine groups is 1. The Bertz CT molecular complexity index is 635. The molecule has 104 valence electrons. The van der Waals surface area contributed by atoms with Gasteiger partial charge in [0.2, 0.25) is 0 Å². The van der Waals surface area contributed by atoms with Crippen molar-refractivity contribution in [3.8, 4) is 0 Å². The maximum atomic E-state index is 12.4. The van der Waals surface area contributed by atoms with E-state index >= 15 is 0 Å². The molecule has 1 amide bonds. The van der Waals surface area contributed by atoms with Crippen LogP contribution < -0.4 is 11.2 Å². The van der Waals surface area contributed by atoms with Crippen LogP contribution in [-0.4, -0.2) is 29.0 Å². The Morgan fingerprint density at radius 1 is 1.15 bits per heavy atom. The van der Waals surface area contributed by atoms with Crippen LogP contribution in [0.15, 0.2) is 30.5 Å². The zero-order valence-corrected chi connectivity index (χ0v) is 11.3. The summed E-state index contributed by atoms with van der Waals surface area (Å²) in [7, 11) is 0. The number of hydrogen-bond donors (Lipinski definition) is 2. The summed E-state index contributed by atoms with van der Waals surface area (Å²) < 4.78 is 0. The number of nitrogens with zero attached hydrogens (tertiary/aromatic N) is 2. The lowest BCUT2D eigenvalue weighted by molar-refractivity contribution is 0.0751. The van der Waals surface area contributed by atoms with Crippen molar-refractivity contribution in [2.24, 2.45) is 0 Å². The number of anilines is 1. The molecule has 1 aliphatic heterocycles.